The lowest BCUT2D eigenvalue weighted by molar-refractivity contribution is 0.550. The van der Waals surface area contributed by atoms with Crippen molar-refractivity contribution < 1.29 is 0 Å². The molecule has 1 N–H and O–H groups in total. The molecule has 3 heteroatoms. The zero-order valence-corrected chi connectivity index (χ0v) is 9.31. The maximum atomic E-state index is 8.36. The fraction of sp³-hybridized carbons (Fsp3) is 0.545. The molecule has 0 aliphatic heterocycles. The van der Waals surface area contributed by atoms with Crippen LogP contribution < -0.4 is 5.32 Å². The quantitative estimate of drug-likeness (QED) is 0.729. The van der Waals surface area contributed by atoms with Crippen LogP contribution >= 0.6 is 11.3 Å². The summed E-state index contributed by atoms with van der Waals surface area (Å²) in [5.41, 5.74) is 1.36. The van der Waals surface area contributed by atoms with Crippen LogP contribution in [0.5, 0.6) is 0 Å². The Balaban J connectivity index is 2.10. The molecule has 1 atom stereocenters. The molecule has 0 saturated heterocycles. The minimum atomic E-state index is 0.434. The summed E-state index contributed by atoms with van der Waals surface area (Å²) in [5.74, 6) is 0. The highest BCUT2D eigenvalue weighted by atomic mass is 32.1. The Labute approximate surface area is 89.6 Å². The fourth-order valence-corrected chi connectivity index (χ4v) is 2.04. The van der Waals surface area contributed by atoms with E-state index in [0.29, 0.717) is 12.5 Å². The first-order valence-corrected chi connectivity index (χ1v) is 5.91. The third-order valence-electron chi connectivity index (χ3n) is 2.21. The van der Waals surface area contributed by atoms with E-state index in [1.165, 1.54) is 5.56 Å². The Hall–Kier alpha value is -0.850. The Morgan fingerprint density at radius 1 is 1.57 bits per heavy atom. The number of unbranched alkanes of at least 4 members (excludes halogenated alkanes) is 2. The molecule has 0 amide bonds. The molecule has 0 spiro atoms. The highest BCUT2D eigenvalue weighted by molar-refractivity contribution is 7.07. The molecule has 1 aromatic rings. The number of nitriles is 1. The third-order valence-corrected chi connectivity index (χ3v) is 2.91. The van der Waals surface area contributed by atoms with Crippen molar-refractivity contribution in [2.75, 3.05) is 6.54 Å². The first kappa shape index (κ1) is 11.2. The van der Waals surface area contributed by atoms with Crippen molar-refractivity contribution in [1.29, 1.82) is 5.26 Å². The van der Waals surface area contributed by atoms with Gasteiger partial charge in [0.05, 0.1) is 6.07 Å². The van der Waals surface area contributed by atoms with Gasteiger partial charge in [-0.05, 0) is 48.7 Å². The van der Waals surface area contributed by atoms with Gasteiger partial charge in [-0.1, -0.05) is 0 Å². The van der Waals surface area contributed by atoms with Crippen LogP contribution in [0.15, 0.2) is 16.8 Å². The van der Waals surface area contributed by atoms with Gasteiger partial charge in [-0.15, -0.1) is 0 Å². The summed E-state index contributed by atoms with van der Waals surface area (Å²) < 4.78 is 0. The number of thiophene rings is 1. The van der Waals surface area contributed by atoms with Crippen molar-refractivity contribution in [3.63, 3.8) is 0 Å². The lowest BCUT2D eigenvalue weighted by Crippen LogP contribution is -2.19. The summed E-state index contributed by atoms with van der Waals surface area (Å²) in [6.07, 6.45) is 2.76. The van der Waals surface area contributed by atoms with Gasteiger partial charge in [-0.3, -0.25) is 0 Å². The second-order valence-electron chi connectivity index (χ2n) is 3.35. The smallest absolute Gasteiger partial charge is 0.0621 e. The Kier molecular flexibility index (Phi) is 5.28. The predicted octanol–water partition coefficient (Wildman–Crippen LogP) is 3.09. The van der Waals surface area contributed by atoms with Crippen molar-refractivity contribution in [1.82, 2.24) is 5.32 Å². The topological polar surface area (TPSA) is 35.8 Å². The van der Waals surface area contributed by atoms with Crippen molar-refractivity contribution in [3.8, 4) is 6.07 Å². The molecule has 0 saturated carbocycles. The van der Waals surface area contributed by atoms with Gasteiger partial charge in [0.1, 0.15) is 0 Å². The van der Waals surface area contributed by atoms with Gasteiger partial charge >= 0.3 is 0 Å². The third kappa shape index (κ3) is 3.91. The zero-order chi connectivity index (χ0) is 10.2. The van der Waals surface area contributed by atoms with E-state index in [1.54, 1.807) is 11.3 Å². The molecule has 1 unspecified atom stereocenters. The summed E-state index contributed by atoms with van der Waals surface area (Å²) in [6, 6.07) is 4.74. The van der Waals surface area contributed by atoms with Crippen LogP contribution in [0.2, 0.25) is 0 Å². The van der Waals surface area contributed by atoms with Crippen molar-refractivity contribution in [2.24, 2.45) is 0 Å². The summed E-state index contributed by atoms with van der Waals surface area (Å²) in [5, 5.41) is 16.1. The van der Waals surface area contributed by atoms with Gasteiger partial charge < -0.3 is 5.32 Å². The molecule has 76 valence electrons. The fourth-order valence-electron chi connectivity index (χ4n) is 1.29. The van der Waals surface area contributed by atoms with E-state index in [9.17, 15) is 0 Å². The van der Waals surface area contributed by atoms with Gasteiger partial charge in [-0.25, -0.2) is 0 Å². The number of hydrogen-bond acceptors (Lipinski definition) is 3. The Morgan fingerprint density at radius 2 is 2.43 bits per heavy atom. The van der Waals surface area contributed by atoms with Gasteiger partial charge in [-0.2, -0.15) is 16.6 Å². The molecule has 1 heterocycles. The molecular formula is C11H16N2S. The Morgan fingerprint density at radius 3 is 3.07 bits per heavy atom. The molecule has 2 nitrogen and oxygen atoms in total. The standard InChI is InChI=1S/C11H16N2S/c1-10(11-5-8-14-9-11)13-7-4-2-3-6-12/h5,8-10,13H,2-4,7H2,1H3. The van der Waals surface area contributed by atoms with Crippen molar-refractivity contribution in [2.45, 2.75) is 32.2 Å². The molecule has 14 heavy (non-hydrogen) atoms. The lowest BCUT2D eigenvalue weighted by atomic mass is 10.1. The van der Waals surface area contributed by atoms with Gasteiger partial charge in [0.2, 0.25) is 0 Å². The first-order chi connectivity index (χ1) is 6.84. The van der Waals surface area contributed by atoms with Crippen molar-refractivity contribution >= 4 is 11.3 Å². The van der Waals surface area contributed by atoms with Crippen LogP contribution in [0.25, 0.3) is 0 Å². The van der Waals surface area contributed by atoms with Crippen molar-refractivity contribution in [3.05, 3.63) is 22.4 Å². The summed E-state index contributed by atoms with van der Waals surface area (Å²) >= 11 is 1.73. The molecule has 0 aliphatic carbocycles. The molecular weight excluding hydrogens is 192 g/mol. The SMILES string of the molecule is CC(NCCCCC#N)c1ccsc1. The predicted molar refractivity (Wildman–Crippen MR) is 60.2 cm³/mol. The van der Waals surface area contributed by atoms with E-state index in [-0.39, 0.29) is 0 Å². The van der Waals surface area contributed by atoms with Crippen LogP contribution in [0.4, 0.5) is 0 Å². The van der Waals surface area contributed by atoms with E-state index in [1.807, 2.05) is 0 Å². The van der Waals surface area contributed by atoms with E-state index in [4.69, 9.17) is 5.26 Å². The number of nitrogens with zero attached hydrogens (tertiary/aromatic N) is 1. The molecule has 0 fully saturated rings. The monoisotopic (exact) mass is 208 g/mol. The molecule has 0 aliphatic rings. The lowest BCUT2D eigenvalue weighted by Gasteiger charge is -2.11. The summed E-state index contributed by atoms with van der Waals surface area (Å²) in [7, 11) is 0. The van der Waals surface area contributed by atoms with Crippen LogP contribution in [0.1, 0.15) is 37.8 Å². The van der Waals surface area contributed by atoms with Crippen LogP contribution in [0.3, 0.4) is 0 Å². The number of nitrogens with one attached hydrogen (secondary N) is 1. The van der Waals surface area contributed by atoms with Crippen LogP contribution in [-0.4, -0.2) is 6.54 Å². The average Bonchev–Trinajstić information content (AvgIpc) is 2.70. The number of rotatable bonds is 6. The summed E-state index contributed by atoms with van der Waals surface area (Å²) in [4.78, 5) is 0. The van der Waals surface area contributed by atoms with Gasteiger partial charge in [0.25, 0.3) is 0 Å². The normalized spacial score (nSPS) is 12.3. The van der Waals surface area contributed by atoms with E-state index in [0.717, 1.165) is 19.4 Å². The average molecular weight is 208 g/mol. The zero-order valence-electron chi connectivity index (χ0n) is 8.49. The molecule has 1 aromatic heterocycles. The minimum Gasteiger partial charge on any atom is -0.310 e. The van der Waals surface area contributed by atoms with Gasteiger partial charge in [0, 0.05) is 12.5 Å². The second kappa shape index (κ2) is 6.58. The summed E-state index contributed by atoms with van der Waals surface area (Å²) in [6.45, 7) is 3.17. The molecule has 0 radical (unpaired) electrons. The maximum Gasteiger partial charge on any atom is 0.0621 e. The largest absolute Gasteiger partial charge is 0.310 e. The highest BCUT2D eigenvalue weighted by Gasteiger charge is 2.03. The molecule has 0 aromatic carbocycles. The second-order valence-corrected chi connectivity index (χ2v) is 4.13. The van der Waals surface area contributed by atoms with E-state index in [2.05, 4.69) is 35.1 Å². The maximum absolute atomic E-state index is 8.36. The van der Waals surface area contributed by atoms with Crippen LogP contribution in [0, 0.1) is 11.3 Å². The number of hydrogen-bond donors (Lipinski definition) is 1. The van der Waals surface area contributed by atoms with E-state index < -0.39 is 0 Å². The van der Waals surface area contributed by atoms with Crippen LogP contribution in [-0.2, 0) is 0 Å². The molecule has 1 rings (SSSR count). The Bertz CT molecular complexity index is 274. The van der Waals surface area contributed by atoms with E-state index >= 15 is 0 Å². The molecule has 0 bridgehead atoms. The first-order valence-electron chi connectivity index (χ1n) is 4.97. The van der Waals surface area contributed by atoms with Gasteiger partial charge in [0.15, 0.2) is 0 Å². The minimum absolute atomic E-state index is 0.434. The highest BCUT2D eigenvalue weighted by Crippen LogP contribution is 2.15.